The number of ether oxygens (including phenoxy) is 1. The van der Waals surface area contributed by atoms with E-state index in [-0.39, 0.29) is 5.88 Å². The molecule has 1 aromatic heterocycles. The first-order valence-electron chi connectivity index (χ1n) is 8.20. The zero-order chi connectivity index (χ0) is 19.2. The van der Waals surface area contributed by atoms with Crippen LogP contribution in [0.15, 0.2) is 48.5 Å². The maximum Gasteiger partial charge on any atom is 0.416 e. The van der Waals surface area contributed by atoms with Gasteiger partial charge >= 0.3 is 6.18 Å². The number of rotatable bonds is 3. The maximum atomic E-state index is 13.2. The van der Waals surface area contributed by atoms with Crippen LogP contribution in [0.4, 0.5) is 13.2 Å². The van der Waals surface area contributed by atoms with E-state index in [4.69, 9.17) is 4.74 Å². The lowest BCUT2D eigenvalue weighted by molar-refractivity contribution is -0.138. The van der Waals surface area contributed by atoms with Crippen molar-refractivity contribution >= 4 is 10.9 Å². The summed E-state index contributed by atoms with van der Waals surface area (Å²) >= 11 is 0. The van der Waals surface area contributed by atoms with E-state index in [1.165, 1.54) is 12.1 Å². The second-order valence-corrected chi connectivity index (χ2v) is 7.37. The smallest absolute Gasteiger partial charge is 0.416 e. The number of benzene rings is 2. The molecule has 0 saturated heterocycles. The van der Waals surface area contributed by atoms with E-state index >= 15 is 0 Å². The van der Waals surface area contributed by atoms with Crippen molar-refractivity contribution in [2.45, 2.75) is 25.1 Å². The Morgan fingerprint density at radius 1 is 1.15 bits per heavy atom. The van der Waals surface area contributed by atoms with E-state index in [9.17, 15) is 22.8 Å². The molecule has 0 radical (unpaired) electrons. The van der Waals surface area contributed by atoms with Gasteiger partial charge in [-0.1, -0.05) is 12.1 Å². The molecule has 0 fully saturated rings. The van der Waals surface area contributed by atoms with Gasteiger partial charge in [-0.2, -0.15) is 13.2 Å². The van der Waals surface area contributed by atoms with Gasteiger partial charge in [0.05, 0.1) is 22.6 Å². The highest BCUT2D eigenvalue weighted by molar-refractivity contribution is 7.23. The molecule has 2 unspecified atom stereocenters. The second-order valence-electron chi connectivity index (χ2n) is 6.25. The van der Waals surface area contributed by atoms with Gasteiger partial charge in [-0.25, -0.2) is 0 Å². The van der Waals surface area contributed by atoms with Crippen molar-refractivity contribution in [2.75, 3.05) is 0 Å². The van der Waals surface area contributed by atoms with Crippen molar-refractivity contribution in [3.63, 3.8) is 0 Å². The molecule has 3 aromatic rings. The fourth-order valence-corrected chi connectivity index (χ4v) is 4.24. The fourth-order valence-electron chi connectivity index (χ4n) is 3.38. The minimum atomic E-state index is -4.37. The van der Waals surface area contributed by atoms with Crippen LogP contribution in [-0.4, -0.2) is 14.0 Å². The van der Waals surface area contributed by atoms with Gasteiger partial charge in [0.15, 0.2) is 0 Å². The summed E-state index contributed by atoms with van der Waals surface area (Å²) in [6.45, 7) is 0. The number of aromatic hydroxyl groups is 1. The van der Waals surface area contributed by atoms with Crippen LogP contribution in [0.2, 0.25) is 0 Å². The molecule has 1 heterocycles. The molecule has 8 heteroatoms. The first-order chi connectivity index (χ1) is 12.8. The summed E-state index contributed by atoms with van der Waals surface area (Å²) in [5.74, 6) is 0.218. The molecule has 1 aliphatic carbocycles. The van der Waals surface area contributed by atoms with Crippen LogP contribution in [0.5, 0.6) is 11.6 Å². The zero-order valence-electron chi connectivity index (χ0n) is 13.9. The number of halogens is 3. The van der Waals surface area contributed by atoms with E-state index in [1.807, 2.05) is 0 Å². The molecule has 27 heavy (non-hydrogen) atoms. The highest BCUT2D eigenvalue weighted by Gasteiger charge is 2.37. The Bertz CT molecular complexity index is 983. The van der Waals surface area contributed by atoms with Crippen molar-refractivity contribution in [3.8, 4) is 22.1 Å². The Hall–Kier alpha value is -2.58. The monoisotopic (exact) mass is 393 g/mol. The average molecular weight is 393 g/mol. The third kappa shape index (κ3) is 3.38. The van der Waals surface area contributed by atoms with Gasteiger partial charge in [-0.3, -0.25) is 0 Å². The third-order valence-electron chi connectivity index (χ3n) is 4.56. The number of hydrogen-bond acceptors (Lipinski definition) is 4. The molecule has 1 N–H and O–H groups in total. The molecule has 0 spiro atoms. The molecular weight excluding hydrogens is 379 g/mol. The molecule has 140 valence electrons. The van der Waals surface area contributed by atoms with Gasteiger partial charge < -0.3 is 14.4 Å². The summed E-state index contributed by atoms with van der Waals surface area (Å²) in [7, 11) is -1.64. The SMILES string of the molecule is [O-][s+]1nc(O)cc1-c1ccc(OC2CCc3c2cccc3C(F)(F)F)cc1. The standard InChI is InChI=1S/C19H14F3NO3S/c20-19(21,22)15-3-1-2-14-13(15)8-9-16(14)26-12-6-4-11(5-7-12)17-10-18(24)23-27(17)25/h1-7,10,16H,8-9H2,(H,23,24). The maximum absolute atomic E-state index is 13.2. The highest BCUT2D eigenvalue weighted by atomic mass is 32.2. The summed E-state index contributed by atoms with van der Waals surface area (Å²) in [6.07, 6.45) is -4.03. The van der Waals surface area contributed by atoms with Gasteiger partial charge in [-0.15, -0.1) is 0 Å². The van der Waals surface area contributed by atoms with E-state index in [0.29, 0.717) is 40.2 Å². The van der Waals surface area contributed by atoms with Gasteiger partial charge in [0.25, 0.3) is 5.88 Å². The van der Waals surface area contributed by atoms with Gasteiger partial charge in [0.1, 0.15) is 11.9 Å². The molecule has 0 saturated carbocycles. The van der Waals surface area contributed by atoms with Crippen LogP contribution in [-0.2, 0) is 12.6 Å². The second kappa shape index (κ2) is 6.54. The van der Waals surface area contributed by atoms with Gasteiger partial charge in [-0.05, 0) is 54.3 Å². The molecule has 4 rings (SSSR count). The minimum Gasteiger partial charge on any atom is -0.568 e. The Kier molecular flexibility index (Phi) is 4.32. The van der Waals surface area contributed by atoms with Crippen LogP contribution in [0.3, 0.4) is 0 Å². The number of nitrogens with zero attached hydrogens (tertiary/aromatic N) is 1. The molecule has 0 bridgehead atoms. The van der Waals surface area contributed by atoms with Crippen molar-refractivity contribution in [2.24, 2.45) is 0 Å². The summed E-state index contributed by atoms with van der Waals surface area (Å²) in [5, 5.41) is 9.32. The predicted molar refractivity (Wildman–Crippen MR) is 93.1 cm³/mol. The van der Waals surface area contributed by atoms with E-state index in [1.54, 1.807) is 30.3 Å². The molecule has 4 nitrogen and oxygen atoms in total. The lowest BCUT2D eigenvalue weighted by Crippen LogP contribution is -2.09. The molecule has 1 aliphatic rings. The Balaban J connectivity index is 1.56. The average Bonchev–Trinajstić information content (AvgIpc) is 3.17. The number of fused-ring (bicyclic) bond motifs is 1. The number of alkyl halides is 3. The predicted octanol–water partition coefficient (Wildman–Crippen LogP) is 5.27. The van der Waals surface area contributed by atoms with Gasteiger partial charge in [0.2, 0.25) is 4.88 Å². The van der Waals surface area contributed by atoms with Crippen LogP contribution >= 0.6 is 10.9 Å². The Morgan fingerprint density at radius 2 is 1.89 bits per heavy atom. The van der Waals surface area contributed by atoms with Crippen molar-refractivity contribution < 1.29 is 27.6 Å². The Morgan fingerprint density at radius 3 is 2.52 bits per heavy atom. The van der Waals surface area contributed by atoms with Crippen molar-refractivity contribution in [1.82, 2.24) is 4.37 Å². The third-order valence-corrected chi connectivity index (χ3v) is 5.65. The normalized spacial score (nSPS) is 17.0. The first kappa shape index (κ1) is 17.8. The van der Waals surface area contributed by atoms with Gasteiger partial charge in [0, 0.05) is 9.94 Å². The topological polar surface area (TPSA) is 65.4 Å². The zero-order valence-corrected chi connectivity index (χ0v) is 14.7. The van der Waals surface area contributed by atoms with Crippen LogP contribution in [0, 0.1) is 0 Å². The lowest BCUT2D eigenvalue weighted by atomic mass is 10.0. The molecule has 2 aromatic carbocycles. The molecule has 2 atom stereocenters. The number of hydrogen-bond donors (Lipinski definition) is 1. The quantitative estimate of drug-likeness (QED) is 0.616. The summed E-state index contributed by atoms with van der Waals surface area (Å²) < 4.78 is 60.7. The first-order valence-corrected chi connectivity index (χ1v) is 9.31. The lowest BCUT2D eigenvalue weighted by Gasteiger charge is -2.16. The van der Waals surface area contributed by atoms with Crippen LogP contribution < -0.4 is 4.74 Å². The highest BCUT2D eigenvalue weighted by Crippen LogP contribution is 2.42. The molecular formula is C19H14F3NO3S. The summed E-state index contributed by atoms with van der Waals surface area (Å²) in [5.41, 5.74) is 0.883. The molecule has 0 amide bonds. The van der Waals surface area contributed by atoms with Crippen molar-refractivity contribution in [1.29, 1.82) is 0 Å². The minimum absolute atomic E-state index is 0.285. The summed E-state index contributed by atoms with van der Waals surface area (Å²) in [4.78, 5) is 0.389. The summed E-state index contributed by atoms with van der Waals surface area (Å²) in [6, 6.07) is 12.2. The van der Waals surface area contributed by atoms with Crippen LogP contribution in [0.25, 0.3) is 10.4 Å². The van der Waals surface area contributed by atoms with Crippen molar-refractivity contribution in [3.05, 3.63) is 65.2 Å². The largest absolute Gasteiger partial charge is 0.568 e. The Labute approximate surface area is 155 Å². The number of aromatic nitrogens is 1. The van der Waals surface area contributed by atoms with E-state index in [0.717, 1.165) is 6.07 Å². The van der Waals surface area contributed by atoms with Crippen LogP contribution in [0.1, 0.15) is 29.2 Å². The van der Waals surface area contributed by atoms with E-state index < -0.39 is 28.8 Å². The fraction of sp³-hybridized carbons (Fsp3) is 0.211. The van der Waals surface area contributed by atoms with E-state index in [2.05, 4.69) is 4.37 Å². The molecule has 0 aliphatic heterocycles.